The number of anilines is 1. The molecule has 0 unspecified atom stereocenters. The van der Waals surface area contributed by atoms with Crippen LogP contribution in [0.3, 0.4) is 0 Å². The van der Waals surface area contributed by atoms with Crippen LogP contribution in [0.1, 0.15) is 44.1 Å². The van der Waals surface area contributed by atoms with Gasteiger partial charge in [0.15, 0.2) is 0 Å². The van der Waals surface area contributed by atoms with Crippen LogP contribution in [0.5, 0.6) is 11.6 Å². The van der Waals surface area contributed by atoms with Gasteiger partial charge in [-0.3, -0.25) is 4.90 Å². The number of ether oxygens (including phenoxy) is 2. The summed E-state index contributed by atoms with van der Waals surface area (Å²) in [5.41, 5.74) is 2.36. The van der Waals surface area contributed by atoms with E-state index in [1.165, 1.54) is 37.7 Å². The van der Waals surface area contributed by atoms with Crippen molar-refractivity contribution in [2.24, 2.45) is 5.92 Å². The Morgan fingerprint density at radius 2 is 1.91 bits per heavy atom. The molecule has 1 amide bonds. The van der Waals surface area contributed by atoms with Crippen LogP contribution in [-0.4, -0.2) is 62.4 Å². The number of hydrogen-bond donors (Lipinski definition) is 1. The summed E-state index contributed by atoms with van der Waals surface area (Å²) in [4.78, 5) is 21.2. The van der Waals surface area contributed by atoms with E-state index in [1.54, 1.807) is 13.2 Å². The standard InChI is InChI=1S/C27H38N4O3/c1-33-25-12-3-2-11-24(25)31-19-17-30(18-20-31)16-6-15-28-27(32)34-26-14-13-23(21-29-26)10-5-9-22-7-4-8-22/h2-3,11-14,21-22H,4-10,15-20H2,1H3,(H,28,32). The van der Waals surface area contributed by atoms with Crippen LogP contribution in [0, 0.1) is 5.92 Å². The monoisotopic (exact) mass is 466 g/mol. The van der Waals surface area contributed by atoms with Gasteiger partial charge in [-0.05, 0) is 49.4 Å². The molecular weight excluding hydrogens is 428 g/mol. The van der Waals surface area contributed by atoms with Gasteiger partial charge in [-0.25, -0.2) is 9.78 Å². The molecule has 1 saturated heterocycles. The first-order valence-corrected chi connectivity index (χ1v) is 12.7. The number of methoxy groups -OCH3 is 1. The number of piperazine rings is 1. The lowest BCUT2D eigenvalue weighted by Gasteiger charge is -2.36. The van der Waals surface area contributed by atoms with Crippen molar-refractivity contribution in [3.63, 3.8) is 0 Å². The van der Waals surface area contributed by atoms with Crippen molar-refractivity contribution in [3.8, 4) is 11.6 Å². The molecule has 0 spiro atoms. The zero-order chi connectivity index (χ0) is 23.6. The summed E-state index contributed by atoms with van der Waals surface area (Å²) in [6.07, 6.45) is 10.1. The third-order valence-corrected chi connectivity index (χ3v) is 7.02. The lowest BCUT2D eigenvalue weighted by molar-refractivity contribution is 0.196. The van der Waals surface area contributed by atoms with Crippen molar-refractivity contribution >= 4 is 11.8 Å². The number of nitrogens with one attached hydrogen (secondary N) is 1. The summed E-state index contributed by atoms with van der Waals surface area (Å²) in [6.45, 7) is 5.48. The molecule has 7 nitrogen and oxygen atoms in total. The molecule has 34 heavy (non-hydrogen) atoms. The number of para-hydroxylation sites is 2. The Kier molecular flexibility index (Phi) is 9.02. The zero-order valence-corrected chi connectivity index (χ0v) is 20.4. The number of aryl methyl sites for hydroxylation is 1. The first-order chi connectivity index (χ1) is 16.7. The van der Waals surface area contributed by atoms with E-state index in [-0.39, 0.29) is 0 Å². The summed E-state index contributed by atoms with van der Waals surface area (Å²) >= 11 is 0. The summed E-state index contributed by atoms with van der Waals surface area (Å²) in [5, 5.41) is 2.84. The molecule has 2 heterocycles. The van der Waals surface area contributed by atoms with E-state index in [0.717, 1.165) is 62.9 Å². The maximum atomic E-state index is 12.1. The molecule has 0 radical (unpaired) electrons. The minimum absolute atomic E-state index is 0.354. The number of rotatable bonds is 11. The normalized spacial score (nSPS) is 16.7. The zero-order valence-electron chi connectivity index (χ0n) is 20.4. The van der Waals surface area contributed by atoms with E-state index < -0.39 is 6.09 Å². The minimum Gasteiger partial charge on any atom is -0.495 e. The van der Waals surface area contributed by atoms with Gasteiger partial charge in [0.2, 0.25) is 5.88 Å². The number of amides is 1. The van der Waals surface area contributed by atoms with Gasteiger partial charge in [0, 0.05) is 45.0 Å². The number of pyridine rings is 1. The predicted molar refractivity (Wildman–Crippen MR) is 135 cm³/mol. The summed E-state index contributed by atoms with van der Waals surface area (Å²) in [7, 11) is 1.72. The van der Waals surface area contributed by atoms with E-state index in [9.17, 15) is 4.79 Å². The van der Waals surface area contributed by atoms with E-state index in [1.807, 2.05) is 24.4 Å². The lowest BCUT2D eigenvalue weighted by atomic mass is 9.81. The molecule has 1 aliphatic heterocycles. The quantitative estimate of drug-likeness (QED) is 0.492. The van der Waals surface area contributed by atoms with Gasteiger partial charge in [0.1, 0.15) is 5.75 Å². The van der Waals surface area contributed by atoms with Gasteiger partial charge in [0.05, 0.1) is 12.8 Å². The molecule has 2 aliphatic rings. The predicted octanol–water partition coefficient (Wildman–Crippen LogP) is 4.51. The summed E-state index contributed by atoms with van der Waals surface area (Å²) in [6, 6.07) is 12.0. The molecule has 1 N–H and O–H groups in total. The summed E-state index contributed by atoms with van der Waals surface area (Å²) in [5.74, 6) is 2.22. The molecule has 4 rings (SSSR count). The highest BCUT2D eigenvalue weighted by molar-refractivity contribution is 5.69. The second-order valence-electron chi connectivity index (χ2n) is 9.36. The van der Waals surface area contributed by atoms with E-state index in [4.69, 9.17) is 9.47 Å². The molecule has 7 heteroatoms. The maximum Gasteiger partial charge on any atom is 0.413 e. The van der Waals surface area contributed by atoms with Crippen molar-refractivity contribution in [2.45, 2.75) is 44.9 Å². The highest BCUT2D eigenvalue weighted by Crippen LogP contribution is 2.31. The van der Waals surface area contributed by atoms with Crippen molar-refractivity contribution < 1.29 is 14.3 Å². The van der Waals surface area contributed by atoms with E-state index in [2.05, 4.69) is 32.2 Å². The van der Waals surface area contributed by atoms with Crippen LogP contribution < -0.4 is 19.7 Å². The second kappa shape index (κ2) is 12.6. The van der Waals surface area contributed by atoms with E-state index >= 15 is 0 Å². The van der Waals surface area contributed by atoms with E-state index in [0.29, 0.717) is 12.4 Å². The van der Waals surface area contributed by atoms with Crippen molar-refractivity contribution in [3.05, 3.63) is 48.2 Å². The fraction of sp³-hybridized carbons (Fsp3) is 0.556. The van der Waals surface area contributed by atoms with Crippen molar-refractivity contribution in [1.29, 1.82) is 0 Å². The van der Waals surface area contributed by atoms with Gasteiger partial charge < -0.3 is 19.7 Å². The first-order valence-electron chi connectivity index (χ1n) is 12.7. The maximum absolute atomic E-state index is 12.1. The molecule has 1 saturated carbocycles. The Balaban J connectivity index is 1.08. The molecule has 1 aromatic carbocycles. The Hall–Kier alpha value is -2.80. The van der Waals surface area contributed by atoms with Crippen molar-refractivity contribution in [2.75, 3.05) is 51.3 Å². The second-order valence-corrected chi connectivity index (χ2v) is 9.36. The third kappa shape index (κ3) is 7.10. The highest BCUT2D eigenvalue weighted by atomic mass is 16.6. The van der Waals surface area contributed by atoms with Crippen LogP contribution in [0.25, 0.3) is 0 Å². The smallest absolute Gasteiger partial charge is 0.413 e. The average Bonchev–Trinajstić information content (AvgIpc) is 2.85. The fourth-order valence-corrected chi connectivity index (χ4v) is 4.72. The lowest BCUT2D eigenvalue weighted by Crippen LogP contribution is -2.47. The first kappa shape index (κ1) is 24.3. The summed E-state index contributed by atoms with van der Waals surface area (Å²) < 4.78 is 10.8. The number of hydrogen-bond acceptors (Lipinski definition) is 6. The van der Waals surface area contributed by atoms with Crippen LogP contribution in [0.4, 0.5) is 10.5 Å². The number of carbonyl (C=O) groups excluding carboxylic acids is 1. The average molecular weight is 467 g/mol. The van der Waals surface area contributed by atoms with Crippen LogP contribution in [0.15, 0.2) is 42.6 Å². The molecule has 1 aliphatic carbocycles. The van der Waals surface area contributed by atoms with Crippen LogP contribution in [-0.2, 0) is 6.42 Å². The van der Waals surface area contributed by atoms with Crippen LogP contribution in [0.2, 0.25) is 0 Å². The highest BCUT2D eigenvalue weighted by Gasteiger charge is 2.19. The van der Waals surface area contributed by atoms with Gasteiger partial charge in [0.25, 0.3) is 0 Å². The van der Waals surface area contributed by atoms with Gasteiger partial charge in [-0.1, -0.05) is 43.9 Å². The molecule has 2 aromatic rings. The van der Waals surface area contributed by atoms with Gasteiger partial charge in [-0.2, -0.15) is 0 Å². The molecule has 0 bridgehead atoms. The third-order valence-electron chi connectivity index (χ3n) is 7.02. The van der Waals surface area contributed by atoms with Gasteiger partial charge in [-0.15, -0.1) is 0 Å². The number of aromatic nitrogens is 1. The number of nitrogens with zero attached hydrogens (tertiary/aromatic N) is 3. The Morgan fingerprint density at radius 3 is 2.62 bits per heavy atom. The largest absolute Gasteiger partial charge is 0.495 e. The minimum atomic E-state index is -0.439. The van der Waals surface area contributed by atoms with Gasteiger partial charge >= 0.3 is 6.09 Å². The molecule has 0 atom stereocenters. The topological polar surface area (TPSA) is 66.9 Å². The number of benzene rings is 1. The fourth-order valence-electron chi connectivity index (χ4n) is 4.72. The Labute approximate surface area is 203 Å². The molecular formula is C27H38N4O3. The molecule has 1 aromatic heterocycles. The Bertz CT molecular complexity index is 893. The van der Waals surface area contributed by atoms with Crippen LogP contribution >= 0.6 is 0 Å². The molecule has 2 fully saturated rings. The molecule has 184 valence electrons. The SMILES string of the molecule is COc1ccccc1N1CCN(CCCNC(=O)Oc2ccc(CCCC3CCC3)cn2)CC1. The Morgan fingerprint density at radius 1 is 1.09 bits per heavy atom. The number of carbonyl (C=O) groups is 1. The van der Waals surface area contributed by atoms with Crippen molar-refractivity contribution in [1.82, 2.24) is 15.2 Å².